The third kappa shape index (κ3) is 5.80. The van der Waals surface area contributed by atoms with E-state index in [4.69, 9.17) is 19.9 Å². The molecule has 4 aromatic carbocycles. The average Bonchev–Trinajstić information content (AvgIpc) is 2.82. The first-order chi connectivity index (χ1) is 15.3. The molecule has 0 aliphatic carbocycles. The van der Waals surface area contributed by atoms with Gasteiger partial charge in [-0.3, -0.25) is 0 Å². The fourth-order valence-electron chi connectivity index (χ4n) is 3.15. The van der Waals surface area contributed by atoms with E-state index in [-0.39, 0.29) is 0 Å². The van der Waals surface area contributed by atoms with Crippen molar-refractivity contribution in [2.24, 2.45) is 0 Å². The highest BCUT2D eigenvalue weighted by Gasteiger charge is 2.16. The van der Waals surface area contributed by atoms with Gasteiger partial charge in [-0.1, -0.05) is 91.0 Å². The minimum atomic E-state index is 0.397. The first-order valence-electron chi connectivity index (χ1n) is 10.2. The van der Waals surface area contributed by atoms with Crippen LogP contribution in [0, 0.1) is 0 Å². The van der Waals surface area contributed by atoms with Crippen molar-refractivity contribution in [2.75, 3.05) is 5.73 Å². The van der Waals surface area contributed by atoms with Gasteiger partial charge in [-0.15, -0.1) is 0 Å². The molecule has 4 rings (SSSR count). The van der Waals surface area contributed by atoms with Gasteiger partial charge in [0.15, 0.2) is 11.5 Å². The summed E-state index contributed by atoms with van der Waals surface area (Å²) in [6.45, 7) is 1.21. The van der Waals surface area contributed by atoms with Gasteiger partial charge in [-0.05, 0) is 16.7 Å². The highest BCUT2D eigenvalue weighted by molar-refractivity contribution is 5.60. The van der Waals surface area contributed by atoms with E-state index in [1.807, 2.05) is 91.0 Å². The summed E-state index contributed by atoms with van der Waals surface area (Å²) in [5.41, 5.74) is 9.89. The number of nitrogens with two attached hydrogens (primary N) is 1. The molecular weight excluding hydrogens is 386 g/mol. The van der Waals surface area contributed by atoms with Crippen molar-refractivity contribution < 1.29 is 14.2 Å². The van der Waals surface area contributed by atoms with Crippen LogP contribution < -0.4 is 19.9 Å². The second-order valence-corrected chi connectivity index (χ2v) is 7.17. The lowest BCUT2D eigenvalue weighted by atomic mass is 10.2. The van der Waals surface area contributed by atoms with E-state index in [9.17, 15) is 0 Å². The average molecular weight is 412 g/mol. The summed E-state index contributed by atoms with van der Waals surface area (Å²) in [5, 5.41) is 0. The number of hydrogen-bond donors (Lipinski definition) is 1. The molecule has 0 heterocycles. The van der Waals surface area contributed by atoms with Gasteiger partial charge in [-0.2, -0.15) is 0 Å². The molecule has 0 saturated heterocycles. The highest BCUT2D eigenvalue weighted by Crippen LogP contribution is 2.41. The van der Waals surface area contributed by atoms with Crippen LogP contribution in [0.15, 0.2) is 103 Å². The molecule has 2 N–H and O–H groups in total. The van der Waals surface area contributed by atoms with Gasteiger partial charge in [-0.25, -0.2) is 0 Å². The Morgan fingerprint density at radius 1 is 0.484 bits per heavy atom. The number of hydrogen-bond acceptors (Lipinski definition) is 4. The van der Waals surface area contributed by atoms with E-state index in [2.05, 4.69) is 0 Å². The molecule has 0 aliphatic rings. The lowest BCUT2D eigenvalue weighted by Crippen LogP contribution is -2.05. The lowest BCUT2D eigenvalue weighted by Gasteiger charge is -2.18. The van der Waals surface area contributed by atoms with Crippen molar-refractivity contribution in [3.8, 4) is 17.2 Å². The number of ether oxygens (including phenoxy) is 3. The minimum Gasteiger partial charge on any atom is -0.485 e. The predicted octanol–water partition coefficient (Wildman–Crippen LogP) is 6.01. The molecule has 0 bridgehead atoms. The Hall–Kier alpha value is -3.92. The molecular formula is C27H25NO3. The van der Waals surface area contributed by atoms with E-state index in [0.29, 0.717) is 42.8 Å². The zero-order valence-electron chi connectivity index (χ0n) is 17.2. The zero-order chi connectivity index (χ0) is 21.3. The Morgan fingerprint density at radius 2 is 0.839 bits per heavy atom. The van der Waals surface area contributed by atoms with Crippen LogP contribution in [0.25, 0.3) is 0 Å². The van der Waals surface area contributed by atoms with E-state index >= 15 is 0 Å². The van der Waals surface area contributed by atoms with E-state index in [0.717, 1.165) is 16.7 Å². The third-order valence-corrected chi connectivity index (χ3v) is 4.74. The Morgan fingerprint density at radius 3 is 1.23 bits per heavy atom. The molecule has 31 heavy (non-hydrogen) atoms. The van der Waals surface area contributed by atoms with Gasteiger partial charge in [0.1, 0.15) is 19.8 Å². The quantitative estimate of drug-likeness (QED) is 0.343. The van der Waals surface area contributed by atoms with Crippen LogP contribution >= 0.6 is 0 Å². The molecule has 0 aliphatic heterocycles. The van der Waals surface area contributed by atoms with Crippen LogP contribution in [-0.4, -0.2) is 0 Å². The molecule has 0 spiro atoms. The van der Waals surface area contributed by atoms with Crippen LogP contribution in [-0.2, 0) is 19.8 Å². The van der Waals surface area contributed by atoms with Crippen LogP contribution in [0.5, 0.6) is 17.2 Å². The maximum atomic E-state index is 6.18. The summed E-state index contributed by atoms with van der Waals surface area (Å²) < 4.78 is 18.4. The molecule has 0 unspecified atom stereocenters. The summed E-state index contributed by atoms with van der Waals surface area (Å²) in [6, 6.07) is 33.5. The van der Waals surface area contributed by atoms with Crippen LogP contribution in [0.4, 0.5) is 5.69 Å². The van der Waals surface area contributed by atoms with Gasteiger partial charge in [0.2, 0.25) is 5.75 Å². The molecule has 4 aromatic rings. The fraction of sp³-hybridized carbons (Fsp3) is 0.111. The summed E-state index contributed by atoms with van der Waals surface area (Å²) in [4.78, 5) is 0. The summed E-state index contributed by atoms with van der Waals surface area (Å²) >= 11 is 0. The first kappa shape index (κ1) is 20.4. The Labute approximate surface area is 182 Å². The topological polar surface area (TPSA) is 53.7 Å². The van der Waals surface area contributed by atoms with Crippen LogP contribution in [0.1, 0.15) is 16.7 Å². The molecule has 4 heteroatoms. The minimum absolute atomic E-state index is 0.397. The molecule has 0 radical (unpaired) electrons. The molecule has 156 valence electrons. The molecule has 0 fully saturated rings. The standard InChI is InChI=1S/C27H25NO3/c28-24-16-25(29-18-21-10-4-1-5-11-21)27(31-20-23-14-8-3-9-15-23)26(17-24)30-19-22-12-6-2-7-13-22/h1-17H,18-20,28H2. The first-order valence-corrected chi connectivity index (χ1v) is 10.2. The van der Waals surface area contributed by atoms with Crippen molar-refractivity contribution in [3.05, 3.63) is 120 Å². The Balaban J connectivity index is 1.58. The van der Waals surface area contributed by atoms with E-state index in [1.165, 1.54) is 0 Å². The number of benzene rings is 4. The van der Waals surface area contributed by atoms with Crippen molar-refractivity contribution in [3.63, 3.8) is 0 Å². The number of anilines is 1. The van der Waals surface area contributed by atoms with Crippen LogP contribution in [0.2, 0.25) is 0 Å². The zero-order valence-corrected chi connectivity index (χ0v) is 17.2. The van der Waals surface area contributed by atoms with Gasteiger partial charge in [0.25, 0.3) is 0 Å². The second-order valence-electron chi connectivity index (χ2n) is 7.17. The second kappa shape index (κ2) is 10.2. The highest BCUT2D eigenvalue weighted by atomic mass is 16.5. The van der Waals surface area contributed by atoms with Crippen molar-refractivity contribution in [1.29, 1.82) is 0 Å². The summed E-state index contributed by atoms with van der Waals surface area (Å²) in [5.74, 6) is 1.66. The number of rotatable bonds is 9. The normalized spacial score (nSPS) is 10.5. The molecule has 4 nitrogen and oxygen atoms in total. The van der Waals surface area contributed by atoms with Crippen LogP contribution in [0.3, 0.4) is 0 Å². The molecule has 0 saturated carbocycles. The maximum Gasteiger partial charge on any atom is 0.204 e. The van der Waals surface area contributed by atoms with E-state index < -0.39 is 0 Å². The summed E-state index contributed by atoms with van der Waals surface area (Å²) in [7, 11) is 0. The fourth-order valence-corrected chi connectivity index (χ4v) is 3.15. The van der Waals surface area contributed by atoms with Gasteiger partial charge < -0.3 is 19.9 Å². The predicted molar refractivity (Wildman–Crippen MR) is 123 cm³/mol. The molecule has 0 aromatic heterocycles. The molecule has 0 amide bonds. The third-order valence-electron chi connectivity index (χ3n) is 4.74. The maximum absolute atomic E-state index is 6.18. The SMILES string of the molecule is Nc1cc(OCc2ccccc2)c(OCc2ccccc2)c(OCc2ccccc2)c1. The van der Waals surface area contributed by atoms with Crippen molar-refractivity contribution in [1.82, 2.24) is 0 Å². The van der Waals surface area contributed by atoms with Crippen molar-refractivity contribution >= 4 is 5.69 Å². The lowest BCUT2D eigenvalue weighted by molar-refractivity contribution is 0.230. The van der Waals surface area contributed by atoms with E-state index in [1.54, 1.807) is 12.1 Å². The van der Waals surface area contributed by atoms with Crippen molar-refractivity contribution in [2.45, 2.75) is 19.8 Å². The van der Waals surface area contributed by atoms with Gasteiger partial charge in [0, 0.05) is 17.8 Å². The molecule has 0 atom stereocenters. The smallest absolute Gasteiger partial charge is 0.204 e. The Kier molecular flexibility index (Phi) is 6.71. The van der Waals surface area contributed by atoms with Gasteiger partial charge >= 0.3 is 0 Å². The Bertz CT molecular complexity index is 1020. The monoisotopic (exact) mass is 411 g/mol. The number of nitrogen functional groups attached to an aromatic ring is 1. The van der Waals surface area contributed by atoms with Gasteiger partial charge in [0.05, 0.1) is 0 Å². The largest absolute Gasteiger partial charge is 0.485 e. The summed E-state index contributed by atoms with van der Waals surface area (Å²) in [6.07, 6.45) is 0.